The highest BCUT2D eigenvalue weighted by atomic mass is 32.1. The third-order valence-electron chi connectivity index (χ3n) is 3.60. The minimum atomic E-state index is 0.804. The molecule has 0 radical (unpaired) electrons. The van der Waals surface area contributed by atoms with Crippen LogP contribution in [-0.2, 0) is 13.0 Å². The summed E-state index contributed by atoms with van der Waals surface area (Å²) in [5, 5.41) is 9.20. The maximum atomic E-state index is 4.69. The average Bonchev–Trinajstić information content (AvgIpc) is 3.12. The van der Waals surface area contributed by atoms with Gasteiger partial charge in [0.25, 0.3) is 0 Å². The van der Waals surface area contributed by atoms with E-state index in [4.69, 9.17) is 4.98 Å². The molecule has 0 amide bonds. The van der Waals surface area contributed by atoms with Gasteiger partial charge in [0.2, 0.25) is 5.65 Å². The van der Waals surface area contributed by atoms with Crippen LogP contribution in [-0.4, -0.2) is 45.2 Å². The minimum Gasteiger partial charge on any atom is -0.354 e. The molecule has 0 aromatic carbocycles. The van der Waals surface area contributed by atoms with Gasteiger partial charge in [-0.05, 0) is 0 Å². The molecular weight excluding hydrogens is 286 g/mol. The van der Waals surface area contributed by atoms with E-state index < -0.39 is 0 Å². The molecule has 0 bridgehead atoms. The average molecular weight is 301 g/mol. The van der Waals surface area contributed by atoms with Gasteiger partial charge in [0.1, 0.15) is 6.33 Å². The van der Waals surface area contributed by atoms with E-state index in [1.165, 1.54) is 10.6 Å². The first-order chi connectivity index (χ1) is 10.2. The van der Waals surface area contributed by atoms with Crippen LogP contribution in [0.2, 0.25) is 0 Å². The zero-order valence-corrected chi connectivity index (χ0v) is 12.7. The van der Waals surface area contributed by atoms with Crippen LogP contribution >= 0.6 is 11.3 Å². The zero-order valence-electron chi connectivity index (χ0n) is 11.9. The largest absolute Gasteiger partial charge is 0.354 e. The van der Waals surface area contributed by atoms with Gasteiger partial charge >= 0.3 is 0 Å². The van der Waals surface area contributed by atoms with Gasteiger partial charge in [-0.2, -0.15) is 0 Å². The van der Waals surface area contributed by atoms with Crippen molar-refractivity contribution >= 4 is 27.9 Å². The molecule has 0 saturated heterocycles. The molecule has 0 atom stereocenters. The molecule has 0 saturated carbocycles. The smallest absolute Gasteiger partial charge is 0.203 e. The first-order valence-corrected chi connectivity index (χ1v) is 7.59. The quantitative estimate of drug-likeness (QED) is 0.709. The molecular formula is C13H15N7S. The maximum Gasteiger partial charge on any atom is 0.203 e. The zero-order chi connectivity index (χ0) is 14.4. The highest BCUT2D eigenvalue weighted by Crippen LogP contribution is 2.31. The molecule has 21 heavy (non-hydrogen) atoms. The molecule has 3 aromatic rings. The summed E-state index contributed by atoms with van der Waals surface area (Å²) in [7, 11) is 4.06. The fourth-order valence-corrected chi connectivity index (χ4v) is 3.57. The maximum absolute atomic E-state index is 4.69. The first-order valence-electron chi connectivity index (χ1n) is 6.77. The van der Waals surface area contributed by atoms with Crippen molar-refractivity contribution in [2.24, 2.45) is 0 Å². The highest BCUT2D eigenvalue weighted by molar-refractivity contribution is 7.15. The molecule has 7 nitrogen and oxygen atoms in total. The van der Waals surface area contributed by atoms with E-state index in [0.717, 1.165) is 36.1 Å². The predicted molar refractivity (Wildman–Crippen MR) is 82.0 cm³/mol. The van der Waals surface area contributed by atoms with Gasteiger partial charge in [-0.1, -0.05) is 11.3 Å². The molecule has 108 valence electrons. The first kappa shape index (κ1) is 12.5. The molecule has 3 aromatic heterocycles. The van der Waals surface area contributed by atoms with E-state index in [-0.39, 0.29) is 0 Å². The van der Waals surface area contributed by atoms with Crippen LogP contribution in [0.4, 0.5) is 10.9 Å². The predicted octanol–water partition coefficient (Wildman–Crippen LogP) is 1.21. The Balaban J connectivity index is 1.70. The second-order valence-corrected chi connectivity index (χ2v) is 6.31. The Hall–Kier alpha value is -2.22. The van der Waals surface area contributed by atoms with Gasteiger partial charge in [-0.25, -0.2) is 9.97 Å². The lowest BCUT2D eigenvalue weighted by Gasteiger charge is -2.26. The Morgan fingerprint density at radius 3 is 3.10 bits per heavy atom. The number of fused-ring (bicyclic) bond motifs is 2. The lowest BCUT2D eigenvalue weighted by molar-refractivity contribution is 0.718. The van der Waals surface area contributed by atoms with Crippen molar-refractivity contribution < 1.29 is 0 Å². The molecule has 0 unspecified atom stereocenters. The number of anilines is 2. The topological polar surface area (TPSA) is 62.5 Å². The van der Waals surface area contributed by atoms with Crippen LogP contribution < -0.4 is 9.80 Å². The summed E-state index contributed by atoms with van der Waals surface area (Å²) >= 11 is 1.75. The summed E-state index contributed by atoms with van der Waals surface area (Å²) in [4.78, 5) is 14.8. The standard InChI is InChI=1S/C13H15N7S/c1-18(2)13-16-9-3-5-19(7-10(9)21-13)11-12-17-15-8-20(12)6-4-14-11/h4,6,8H,3,5,7H2,1-2H3. The molecule has 8 heteroatoms. The van der Waals surface area contributed by atoms with E-state index in [1.807, 2.05) is 24.7 Å². The summed E-state index contributed by atoms with van der Waals surface area (Å²) in [6.07, 6.45) is 6.30. The van der Waals surface area contributed by atoms with Crippen molar-refractivity contribution in [3.05, 3.63) is 29.3 Å². The van der Waals surface area contributed by atoms with Crippen molar-refractivity contribution in [3.8, 4) is 0 Å². The van der Waals surface area contributed by atoms with Gasteiger partial charge < -0.3 is 9.80 Å². The van der Waals surface area contributed by atoms with Crippen molar-refractivity contribution in [2.45, 2.75) is 13.0 Å². The van der Waals surface area contributed by atoms with Crippen LogP contribution in [0.15, 0.2) is 18.7 Å². The van der Waals surface area contributed by atoms with Crippen LogP contribution in [0, 0.1) is 0 Å². The molecule has 4 rings (SSSR count). The van der Waals surface area contributed by atoms with Crippen molar-refractivity contribution in [2.75, 3.05) is 30.4 Å². The normalized spacial score (nSPS) is 14.5. The Labute approximate surface area is 125 Å². The van der Waals surface area contributed by atoms with E-state index in [2.05, 4.69) is 25.0 Å². The fourth-order valence-electron chi connectivity index (χ4n) is 2.52. The van der Waals surface area contributed by atoms with Gasteiger partial charge in [-0.3, -0.25) is 4.40 Å². The molecule has 1 aliphatic heterocycles. The van der Waals surface area contributed by atoms with Crippen LogP contribution in [0.25, 0.3) is 5.65 Å². The number of nitrogens with zero attached hydrogens (tertiary/aromatic N) is 7. The SMILES string of the molecule is CN(C)c1nc2c(s1)CN(c1nccn3cnnc13)CC2. The van der Waals surface area contributed by atoms with E-state index in [9.17, 15) is 0 Å². The summed E-state index contributed by atoms with van der Waals surface area (Å²) in [5.41, 5.74) is 2.02. The third kappa shape index (κ3) is 2.02. The minimum absolute atomic E-state index is 0.804. The van der Waals surface area contributed by atoms with Gasteiger partial charge in [0, 0.05) is 44.3 Å². The van der Waals surface area contributed by atoms with E-state index in [0.29, 0.717) is 0 Å². The van der Waals surface area contributed by atoms with Gasteiger partial charge in [-0.15, -0.1) is 10.2 Å². The molecule has 4 heterocycles. The number of hydrogen-bond donors (Lipinski definition) is 0. The van der Waals surface area contributed by atoms with Crippen LogP contribution in [0.1, 0.15) is 10.6 Å². The lowest BCUT2D eigenvalue weighted by Crippen LogP contribution is -2.30. The fraction of sp³-hybridized carbons (Fsp3) is 0.385. The molecule has 0 spiro atoms. The second kappa shape index (κ2) is 4.66. The summed E-state index contributed by atoms with van der Waals surface area (Å²) < 4.78 is 1.90. The second-order valence-electron chi connectivity index (χ2n) is 5.24. The van der Waals surface area contributed by atoms with Crippen LogP contribution in [0.5, 0.6) is 0 Å². The number of rotatable bonds is 2. The highest BCUT2D eigenvalue weighted by Gasteiger charge is 2.24. The van der Waals surface area contributed by atoms with Crippen molar-refractivity contribution in [3.63, 3.8) is 0 Å². The van der Waals surface area contributed by atoms with Crippen LogP contribution in [0.3, 0.4) is 0 Å². The van der Waals surface area contributed by atoms with E-state index in [1.54, 1.807) is 23.9 Å². The summed E-state index contributed by atoms with van der Waals surface area (Å²) in [6, 6.07) is 0. The van der Waals surface area contributed by atoms with Gasteiger partial charge in [0.15, 0.2) is 10.9 Å². The molecule has 0 fully saturated rings. The van der Waals surface area contributed by atoms with Crippen molar-refractivity contribution in [1.82, 2.24) is 24.6 Å². The Bertz CT molecular complexity index is 791. The molecule has 0 aliphatic carbocycles. The van der Waals surface area contributed by atoms with Crippen molar-refractivity contribution in [1.29, 1.82) is 0 Å². The van der Waals surface area contributed by atoms with E-state index >= 15 is 0 Å². The Morgan fingerprint density at radius 2 is 2.24 bits per heavy atom. The Kier molecular flexibility index (Phi) is 2.78. The summed E-state index contributed by atoms with van der Waals surface area (Å²) in [5.74, 6) is 0.889. The number of hydrogen-bond acceptors (Lipinski definition) is 7. The molecule has 0 N–H and O–H groups in total. The molecule has 1 aliphatic rings. The van der Waals surface area contributed by atoms with Gasteiger partial charge in [0.05, 0.1) is 12.2 Å². The summed E-state index contributed by atoms with van der Waals surface area (Å²) in [6.45, 7) is 1.74. The number of aromatic nitrogens is 5. The lowest BCUT2D eigenvalue weighted by atomic mass is 10.2. The Morgan fingerprint density at radius 1 is 1.33 bits per heavy atom. The monoisotopic (exact) mass is 301 g/mol. The third-order valence-corrected chi connectivity index (χ3v) is 4.85. The number of thiazole rings is 1.